The van der Waals surface area contributed by atoms with Gasteiger partial charge in [-0.15, -0.1) is 0 Å². The van der Waals surface area contributed by atoms with Gasteiger partial charge in [0.15, 0.2) is 17.1 Å². The molecule has 0 spiro atoms. The van der Waals surface area contributed by atoms with Crippen molar-refractivity contribution in [1.29, 1.82) is 0 Å². The molecule has 0 aliphatic heterocycles. The van der Waals surface area contributed by atoms with E-state index in [0.717, 1.165) is 10.8 Å². The summed E-state index contributed by atoms with van der Waals surface area (Å²) in [5.74, 6) is -10.5. The second-order valence-electron chi connectivity index (χ2n) is 11.8. The molecule has 13 heteroatoms. The highest BCUT2D eigenvalue weighted by Crippen LogP contribution is 2.56. The number of ether oxygens (including phenoxy) is 1. The number of hydrogen-bond acceptors (Lipinski definition) is 10. The van der Waals surface area contributed by atoms with Gasteiger partial charge >= 0.3 is 12.0 Å². The zero-order valence-electron chi connectivity index (χ0n) is 25.2. The zero-order valence-corrected chi connectivity index (χ0v) is 25.2. The number of carbonyl (C=O) groups is 5. The summed E-state index contributed by atoms with van der Waals surface area (Å²) in [5.41, 5.74) is 1.13. The Hall–Kier alpha value is -5.69. The van der Waals surface area contributed by atoms with Crippen molar-refractivity contribution >= 4 is 51.6 Å². The molecule has 5 atom stereocenters. The number of phenolic OH excluding ortho intramolecular Hbond substituents is 1. The molecular formula is C34H31N3O10. The van der Waals surface area contributed by atoms with E-state index in [0.29, 0.717) is 5.69 Å². The predicted molar refractivity (Wildman–Crippen MR) is 168 cm³/mol. The average Bonchev–Trinajstić information content (AvgIpc) is 3.03. The van der Waals surface area contributed by atoms with Crippen LogP contribution in [0.2, 0.25) is 0 Å². The van der Waals surface area contributed by atoms with Crippen LogP contribution in [-0.2, 0) is 19.1 Å². The number of ketones is 2. The fourth-order valence-electron chi connectivity index (χ4n) is 7.07. The van der Waals surface area contributed by atoms with Crippen molar-refractivity contribution < 1.29 is 49.1 Å². The third-order valence-electron chi connectivity index (χ3n) is 9.31. The van der Waals surface area contributed by atoms with Gasteiger partial charge in [0.1, 0.15) is 23.2 Å². The maximum Gasteiger partial charge on any atom is 0.323 e. The molecule has 0 radical (unpaired) electrons. The molecule has 242 valence electrons. The first-order valence-electron chi connectivity index (χ1n) is 14.9. The van der Waals surface area contributed by atoms with Gasteiger partial charge in [-0.1, -0.05) is 56.3 Å². The number of anilines is 2. The lowest BCUT2D eigenvalue weighted by Crippen LogP contribution is -2.63. The van der Waals surface area contributed by atoms with Crippen LogP contribution in [0, 0.1) is 11.8 Å². The number of carbonyl (C=O) groups excluding carboxylic acids is 5. The number of primary amides is 1. The van der Waals surface area contributed by atoms with Crippen molar-refractivity contribution in [2.75, 3.05) is 10.6 Å². The summed E-state index contributed by atoms with van der Waals surface area (Å²) in [6.45, 7) is 3.14. The third-order valence-corrected chi connectivity index (χ3v) is 9.31. The summed E-state index contributed by atoms with van der Waals surface area (Å²) in [6, 6.07) is 14.9. The molecular weight excluding hydrogens is 610 g/mol. The number of urea groups is 1. The smallest absolute Gasteiger partial charge is 0.323 e. The highest BCUT2D eigenvalue weighted by Gasteiger charge is 2.65. The van der Waals surface area contributed by atoms with Gasteiger partial charge in [0, 0.05) is 35.6 Å². The summed E-state index contributed by atoms with van der Waals surface area (Å²) in [7, 11) is 0. The molecule has 0 saturated heterocycles. The predicted octanol–water partition coefficient (Wildman–Crippen LogP) is 3.87. The number of nitrogens with one attached hydrogen (secondary N) is 2. The van der Waals surface area contributed by atoms with E-state index in [1.165, 1.54) is 19.1 Å². The number of aromatic hydroxyl groups is 1. The van der Waals surface area contributed by atoms with Crippen molar-refractivity contribution in [1.82, 2.24) is 0 Å². The van der Waals surface area contributed by atoms with Crippen LogP contribution in [0.5, 0.6) is 5.75 Å². The number of amides is 3. The third kappa shape index (κ3) is 4.69. The molecule has 3 amide bonds. The van der Waals surface area contributed by atoms with E-state index >= 15 is 0 Å². The Bertz CT molecular complexity index is 1980. The molecule has 47 heavy (non-hydrogen) atoms. The van der Waals surface area contributed by atoms with E-state index < -0.39 is 93.8 Å². The van der Waals surface area contributed by atoms with Crippen LogP contribution >= 0.6 is 0 Å². The minimum Gasteiger partial charge on any atom is -0.511 e. The van der Waals surface area contributed by atoms with E-state index in [2.05, 4.69) is 10.6 Å². The summed E-state index contributed by atoms with van der Waals surface area (Å²) in [5, 5.41) is 52.1. The fourth-order valence-corrected chi connectivity index (χ4v) is 7.07. The number of esters is 1. The maximum absolute atomic E-state index is 14.2. The van der Waals surface area contributed by atoms with Gasteiger partial charge in [0.05, 0.1) is 16.9 Å². The minimum atomic E-state index is -2.97. The molecule has 13 nitrogen and oxygen atoms in total. The van der Waals surface area contributed by atoms with Crippen LogP contribution in [0.25, 0.3) is 10.8 Å². The van der Waals surface area contributed by atoms with E-state index in [1.807, 2.05) is 30.3 Å². The SMILES string of the molecule is CCC(=O)O[C@H]1[C@H]2C(=C(O)[C@]3(O)C(=O)C(C(N)=O)=C(O)C[C@H]13)C(=O)c1c(ccc(NC(=O)Nc3cccc4ccccc34)c1O)[C@@H]2C. The highest BCUT2D eigenvalue weighted by atomic mass is 16.5. The van der Waals surface area contributed by atoms with Crippen LogP contribution in [0.4, 0.5) is 16.2 Å². The van der Waals surface area contributed by atoms with Gasteiger partial charge in [-0.25, -0.2) is 4.79 Å². The van der Waals surface area contributed by atoms with Crippen molar-refractivity contribution in [3.8, 4) is 5.75 Å². The molecule has 0 saturated carbocycles. The van der Waals surface area contributed by atoms with Crippen LogP contribution in [0.3, 0.4) is 0 Å². The number of aliphatic hydroxyl groups excluding tert-OH is 2. The second kappa shape index (κ2) is 11.3. The number of aliphatic hydroxyl groups is 3. The highest BCUT2D eigenvalue weighted by molar-refractivity contribution is 6.25. The average molecular weight is 642 g/mol. The van der Waals surface area contributed by atoms with Gasteiger partial charge in [0.2, 0.25) is 5.78 Å². The summed E-state index contributed by atoms with van der Waals surface area (Å²) in [4.78, 5) is 65.4. The molecule has 0 bridgehead atoms. The molecule has 6 rings (SSSR count). The lowest BCUT2D eigenvalue weighted by Gasteiger charge is -2.51. The summed E-state index contributed by atoms with van der Waals surface area (Å²) >= 11 is 0. The number of benzene rings is 3. The van der Waals surface area contributed by atoms with E-state index in [9.17, 15) is 44.4 Å². The molecule has 0 fully saturated rings. The Morgan fingerprint density at radius 2 is 1.66 bits per heavy atom. The molecule has 0 heterocycles. The number of allylic oxidation sites excluding steroid dienone is 1. The second-order valence-corrected chi connectivity index (χ2v) is 11.8. The van der Waals surface area contributed by atoms with Crippen molar-refractivity contribution in [2.45, 2.75) is 44.3 Å². The molecule has 0 aromatic heterocycles. The maximum atomic E-state index is 14.2. The molecule has 0 unspecified atom stereocenters. The lowest BCUT2D eigenvalue weighted by atomic mass is 9.56. The first kappa shape index (κ1) is 31.3. The van der Waals surface area contributed by atoms with Gasteiger partial charge in [-0.3, -0.25) is 19.2 Å². The topological polar surface area (TPSA) is 226 Å². The van der Waals surface area contributed by atoms with Gasteiger partial charge in [-0.05, 0) is 29.0 Å². The fraction of sp³-hybridized carbons (Fsp3) is 0.265. The monoisotopic (exact) mass is 641 g/mol. The number of rotatable bonds is 5. The van der Waals surface area contributed by atoms with Gasteiger partial charge in [0.25, 0.3) is 5.91 Å². The number of Topliss-reactive ketones (excluding diaryl/α,β-unsaturated/α-hetero) is 2. The van der Waals surface area contributed by atoms with E-state index in [1.54, 1.807) is 19.1 Å². The van der Waals surface area contributed by atoms with Crippen LogP contribution in [0.1, 0.15) is 48.5 Å². The number of fused-ring (bicyclic) bond motifs is 4. The summed E-state index contributed by atoms with van der Waals surface area (Å²) < 4.78 is 5.69. The van der Waals surface area contributed by atoms with E-state index in [-0.39, 0.29) is 23.2 Å². The van der Waals surface area contributed by atoms with Gasteiger partial charge in [-0.2, -0.15) is 0 Å². The van der Waals surface area contributed by atoms with Gasteiger partial charge < -0.3 is 41.5 Å². The molecule has 3 aromatic carbocycles. The Kier molecular flexibility index (Phi) is 7.51. The van der Waals surface area contributed by atoms with Crippen molar-refractivity contribution in [2.24, 2.45) is 17.6 Å². The standard InChI is InChI=1S/C34H31N3O10/c1-3-22(39)47-29-18-13-21(38)25(32(35)44)30(42)34(18,46)31(43)26-23(29)14(2)16-11-12-20(27(40)24(16)28(26)41)37-33(45)36-19-10-6-8-15-7-4-5-9-17(15)19/h4-12,14,18,23,29,38,40,43,46H,3,13H2,1-2H3,(H2,35,44)(H2,36,37,45)/t14-,18+,23+,29+,34+/m0/s1. The molecule has 3 aliphatic carbocycles. The lowest BCUT2D eigenvalue weighted by molar-refractivity contribution is -0.174. The van der Waals surface area contributed by atoms with Crippen LogP contribution in [0.15, 0.2) is 77.3 Å². The molecule has 8 N–H and O–H groups in total. The number of nitrogens with two attached hydrogens (primary N) is 1. The zero-order chi connectivity index (χ0) is 33.9. The Morgan fingerprint density at radius 3 is 2.36 bits per heavy atom. The number of hydrogen-bond donors (Lipinski definition) is 7. The van der Waals surface area contributed by atoms with Crippen LogP contribution in [-0.4, -0.2) is 61.6 Å². The molecule has 3 aromatic rings. The van der Waals surface area contributed by atoms with Crippen molar-refractivity contribution in [3.63, 3.8) is 0 Å². The first-order chi connectivity index (χ1) is 22.3. The van der Waals surface area contributed by atoms with Crippen LogP contribution < -0.4 is 16.4 Å². The van der Waals surface area contributed by atoms with Crippen molar-refractivity contribution in [3.05, 3.63) is 88.4 Å². The largest absolute Gasteiger partial charge is 0.511 e. The Morgan fingerprint density at radius 1 is 0.979 bits per heavy atom. The summed E-state index contributed by atoms with van der Waals surface area (Å²) in [6.07, 6.45) is -2.13. The Labute approximate surface area is 267 Å². The Balaban J connectivity index is 1.43. The van der Waals surface area contributed by atoms with E-state index in [4.69, 9.17) is 10.5 Å². The number of phenols is 1. The normalized spacial score (nSPS) is 25.1. The quantitative estimate of drug-likeness (QED) is 0.121. The molecule has 3 aliphatic rings. The minimum absolute atomic E-state index is 0.114. The first-order valence-corrected chi connectivity index (χ1v) is 14.9.